The Morgan fingerprint density at radius 1 is 1.24 bits per heavy atom. The summed E-state index contributed by atoms with van der Waals surface area (Å²) in [5, 5.41) is 11.5. The highest BCUT2D eigenvalue weighted by atomic mass is 16.4. The van der Waals surface area contributed by atoms with Gasteiger partial charge in [0.15, 0.2) is 0 Å². The van der Waals surface area contributed by atoms with Crippen molar-refractivity contribution in [2.24, 2.45) is 5.73 Å². The van der Waals surface area contributed by atoms with Crippen molar-refractivity contribution in [3.05, 3.63) is 59.2 Å². The molecule has 0 aliphatic carbocycles. The van der Waals surface area contributed by atoms with E-state index in [1.807, 2.05) is 0 Å². The van der Waals surface area contributed by atoms with Crippen molar-refractivity contribution in [3.8, 4) is 0 Å². The number of aromatic nitrogens is 2. The fourth-order valence-corrected chi connectivity index (χ4v) is 1.67. The van der Waals surface area contributed by atoms with E-state index in [0.717, 1.165) is 0 Å². The van der Waals surface area contributed by atoms with Crippen LogP contribution < -0.4 is 11.1 Å². The topological polar surface area (TPSA) is 118 Å². The molecule has 0 saturated heterocycles. The lowest BCUT2D eigenvalue weighted by Gasteiger charge is -2.06. The van der Waals surface area contributed by atoms with Gasteiger partial charge in [0.25, 0.3) is 5.91 Å². The minimum absolute atomic E-state index is 0.0354. The van der Waals surface area contributed by atoms with Gasteiger partial charge in [-0.2, -0.15) is 0 Å². The molecule has 0 aliphatic heterocycles. The summed E-state index contributed by atoms with van der Waals surface area (Å²) >= 11 is 0. The number of pyridine rings is 2. The van der Waals surface area contributed by atoms with Gasteiger partial charge in [-0.3, -0.25) is 9.78 Å². The average Bonchev–Trinajstić information content (AvgIpc) is 2.53. The normalized spacial score (nSPS) is 10.1. The first kappa shape index (κ1) is 14.6. The highest BCUT2D eigenvalue weighted by Crippen LogP contribution is 2.04. The van der Waals surface area contributed by atoms with E-state index < -0.39 is 5.97 Å². The Morgan fingerprint density at radius 2 is 2.05 bits per heavy atom. The molecule has 0 aromatic carbocycles. The van der Waals surface area contributed by atoms with Crippen LogP contribution in [0.1, 0.15) is 32.1 Å². The summed E-state index contributed by atoms with van der Waals surface area (Å²) in [6, 6.07) is 6.22. The first-order chi connectivity index (χ1) is 10.1. The summed E-state index contributed by atoms with van der Waals surface area (Å²) < 4.78 is 0. The smallest absolute Gasteiger partial charge is 0.354 e. The number of carbonyl (C=O) groups excluding carboxylic acids is 1. The predicted octanol–water partition coefficient (Wildman–Crippen LogP) is 0.563. The summed E-state index contributed by atoms with van der Waals surface area (Å²) in [5.74, 6) is -1.34. The maximum atomic E-state index is 12.0. The monoisotopic (exact) mass is 286 g/mol. The van der Waals surface area contributed by atoms with Crippen LogP contribution in [0.25, 0.3) is 0 Å². The van der Waals surface area contributed by atoms with E-state index in [4.69, 9.17) is 10.8 Å². The van der Waals surface area contributed by atoms with Gasteiger partial charge in [-0.15, -0.1) is 0 Å². The molecule has 7 heteroatoms. The number of carboxylic acid groups (broad SMARTS) is 1. The van der Waals surface area contributed by atoms with Crippen LogP contribution in [0, 0.1) is 0 Å². The predicted molar refractivity (Wildman–Crippen MR) is 74.5 cm³/mol. The number of carboxylic acids is 1. The zero-order valence-electron chi connectivity index (χ0n) is 11.1. The van der Waals surface area contributed by atoms with Gasteiger partial charge in [0.05, 0.1) is 5.69 Å². The SMILES string of the molecule is NCc1cc(C(=O)NCc2ccc(C(=O)O)nc2)ccn1. The first-order valence-electron chi connectivity index (χ1n) is 6.21. The van der Waals surface area contributed by atoms with Crippen molar-refractivity contribution < 1.29 is 14.7 Å². The van der Waals surface area contributed by atoms with E-state index in [1.165, 1.54) is 18.5 Å². The molecule has 1 amide bonds. The van der Waals surface area contributed by atoms with E-state index in [-0.39, 0.29) is 24.7 Å². The highest BCUT2D eigenvalue weighted by molar-refractivity contribution is 5.94. The summed E-state index contributed by atoms with van der Waals surface area (Å²) in [6.45, 7) is 0.522. The van der Waals surface area contributed by atoms with E-state index in [9.17, 15) is 9.59 Å². The average molecular weight is 286 g/mol. The van der Waals surface area contributed by atoms with Gasteiger partial charge in [-0.1, -0.05) is 6.07 Å². The minimum atomic E-state index is -1.09. The lowest BCUT2D eigenvalue weighted by Crippen LogP contribution is -2.23. The second-order valence-corrected chi connectivity index (χ2v) is 4.28. The molecular formula is C14H14N4O3. The molecule has 0 aliphatic rings. The number of nitrogens with two attached hydrogens (primary N) is 1. The Bertz CT molecular complexity index is 656. The number of rotatable bonds is 5. The zero-order chi connectivity index (χ0) is 15.2. The quantitative estimate of drug-likeness (QED) is 0.739. The molecule has 0 radical (unpaired) electrons. The molecule has 0 spiro atoms. The second-order valence-electron chi connectivity index (χ2n) is 4.28. The van der Waals surface area contributed by atoms with Crippen LogP contribution in [0.3, 0.4) is 0 Å². The van der Waals surface area contributed by atoms with E-state index >= 15 is 0 Å². The fraction of sp³-hybridized carbons (Fsp3) is 0.143. The number of hydrogen-bond donors (Lipinski definition) is 3. The third kappa shape index (κ3) is 3.83. The molecular weight excluding hydrogens is 272 g/mol. The standard InChI is InChI=1S/C14H14N4O3/c15-6-11-5-10(3-4-16-11)13(19)18-8-9-1-2-12(14(20)21)17-7-9/h1-5,7H,6,8,15H2,(H,18,19)(H,20,21). The lowest BCUT2D eigenvalue weighted by atomic mass is 10.2. The van der Waals surface area contributed by atoms with Gasteiger partial charge < -0.3 is 16.2 Å². The number of hydrogen-bond acceptors (Lipinski definition) is 5. The van der Waals surface area contributed by atoms with Crippen molar-refractivity contribution in [2.45, 2.75) is 13.1 Å². The number of aromatic carboxylic acids is 1. The Hall–Kier alpha value is -2.80. The van der Waals surface area contributed by atoms with Crippen LogP contribution in [-0.2, 0) is 13.1 Å². The third-order valence-electron chi connectivity index (χ3n) is 2.78. The highest BCUT2D eigenvalue weighted by Gasteiger charge is 2.07. The van der Waals surface area contributed by atoms with Crippen LogP contribution in [0.15, 0.2) is 36.7 Å². The molecule has 2 rings (SSSR count). The molecule has 2 aromatic heterocycles. The van der Waals surface area contributed by atoms with Crippen LogP contribution in [0.4, 0.5) is 0 Å². The molecule has 0 bridgehead atoms. The van der Waals surface area contributed by atoms with Crippen LogP contribution >= 0.6 is 0 Å². The Kier molecular flexibility index (Phi) is 4.57. The van der Waals surface area contributed by atoms with Crippen molar-refractivity contribution >= 4 is 11.9 Å². The molecule has 108 valence electrons. The molecule has 21 heavy (non-hydrogen) atoms. The lowest BCUT2D eigenvalue weighted by molar-refractivity contribution is 0.0690. The van der Waals surface area contributed by atoms with Crippen LogP contribution in [0.5, 0.6) is 0 Å². The summed E-state index contributed by atoms with van der Waals surface area (Å²) in [7, 11) is 0. The maximum absolute atomic E-state index is 12.0. The molecule has 4 N–H and O–H groups in total. The van der Waals surface area contributed by atoms with Gasteiger partial charge >= 0.3 is 5.97 Å². The van der Waals surface area contributed by atoms with E-state index in [2.05, 4.69) is 15.3 Å². The van der Waals surface area contributed by atoms with Gasteiger partial charge in [0.1, 0.15) is 5.69 Å². The van der Waals surface area contributed by atoms with E-state index in [1.54, 1.807) is 18.2 Å². The molecule has 0 saturated carbocycles. The van der Waals surface area contributed by atoms with Gasteiger partial charge in [0, 0.05) is 31.0 Å². The van der Waals surface area contributed by atoms with E-state index in [0.29, 0.717) is 16.8 Å². The van der Waals surface area contributed by atoms with Gasteiger partial charge in [-0.05, 0) is 23.8 Å². The number of nitrogens with zero attached hydrogens (tertiary/aromatic N) is 2. The molecule has 0 atom stereocenters. The summed E-state index contributed by atoms with van der Waals surface area (Å²) in [5.41, 5.74) is 7.25. The minimum Gasteiger partial charge on any atom is -0.477 e. The van der Waals surface area contributed by atoms with Crippen LogP contribution in [0.2, 0.25) is 0 Å². The maximum Gasteiger partial charge on any atom is 0.354 e. The van der Waals surface area contributed by atoms with Crippen molar-refractivity contribution in [1.29, 1.82) is 0 Å². The van der Waals surface area contributed by atoms with Crippen molar-refractivity contribution in [2.75, 3.05) is 0 Å². The molecule has 2 heterocycles. The zero-order valence-corrected chi connectivity index (χ0v) is 11.1. The Balaban J connectivity index is 1.98. The summed E-state index contributed by atoms with van der Waals surface area (Å²) in [6.07, 6.45) is 2.95. The largest absolute Gasteiger partial charge is 0.477 e. The number of amides is 1. The van der Waals surface area contributed by atoms with Gasteiger partial charge in [-0.25, -0.2) is 9.78 Å². The molecule has 2 aromatic rings. The Labute approximate surface area is 120 Å². The van der Waals surface area contributed by atoms with Crippen molar-refractivity contribution in [3.63, 3.8) is 0 Å². The first-order valence-corrected chi connectivity index (χ1v) is 6.21. The molecule has 0 fully saturated rings. The van der Waals surface area contributed by atoms with Crippen molar-refractivity contribution in [1.82, 2.24) is 15.3 Å². The van der Waals surface area contributed by atoms with Gasteiger partial charge in [0.2, 0.25) is 0 Å². The fourth-order valence-electron chi connectivity index (χ4n) is 1.67. The van der Waals surface area contributed by atoms with Crippen LogP contribution in [-0.4, -0.2) is 27.0 Å². The summed E-state index contributed by atoms with van der Waals surface area (Å²) in [4.78, 5) is 30.4. The number of carbonyl (C=O) groups is 2. The second kappa shape index (κ2) is 6.58. The Morgan fingerprint density at radius 3 is 2.67 bits per heavy atom. The number of nitrogens with one attached hydrogen (secondary N) is 1. The molecule has 7 nitrogen and oxygen atoms in total. The molecule has 0 unspecified atom stereocenters. The third-order valence-corrected chi connectivity index (χ3v) is 2.78.